The summed E-state index contributed by atoms with van der Waals surface area (Å²) in [6, 6.07) is 5.06. The van der Waals surface area contributed by atoms with Gasteiger partial charge in [-0.15, -0.1) is 0 Å². The van der Waals surface area contributed by atoms with Gasteiger partial charge in [-0.05, 0) is 23.8 Å². The molecule has 1 rings (SSSR count). The standard InChI is InChI=1S/C10H9BrClF2NO/c11-7-1-2-8(12)6(3-7)4-10(16)15-5-9(13)14/h1-3,9H,4-5H2,(H,15,16). The molecule has 0 aliphatic heterocycles. The van der Waals surface area contributed by atoms with Crippen molar-refractivity contribution >= 4 is 33.4 Å². The minimum absolute atomic E-state index is 0.00894. The van der Waals surface area contributed by atoms with Crippen LogP contribution in [0.4, 0.5) is 8.78 Å². The largest absolute Gasteiger partial charge is 0.350 e. The molecular formula is C10H9BrClF2NO. The Morgan fingerprint density at radius 1 is 1.50 bits per heavy atom. The molecule has 0 fully saturated rings. The first kappa shape index (κ1) is 13.4. The monoisotopic (exact) mass is 311 g/mol. The van der Waals surface area contributed by atoms with E-state index in [4.69, 9.17) is 11.6 Å². The first-order chi connectivity index (χ1) is 7.49. The molecule has 1 aromatic carbocycles. The molecule has 2 nitrogen and oxygen atoms in total. The maximum absolute atomic E-state index is 11.8. The lowest BCUT2D eigenvalue weighted by molar-refractivity contribution is -0.121. The van der Waals surface area contributed by atoms with Crippen LogP contribution in [0.15, 0.2) is 22.7 Å². The molecule has 0 saturated heterocycles. The van der Waals surface area contributed by atoms with Crippen LogP contribution in [0.2, 0.25) is 5.02 Å². The lowest BCUT2D eigenvalue weighted by atomic mass is 10.1. The number of nitrogens with one attached hydrogen (secondary N) is 1. The molecule has 0 bridgehead atoms. The first-order valence-corrected chi connectivity index (χ1v) is 5.65. The van der Waals surface area contributed by atoms with Crippen molar-refractivity contribution in [1.82, 2.24) is 5.32 Å². The fraction of sp³-hybridized carbons (Fsp3) is 0.300. The number of halogens is 4. The summed E-state index contributed by atoms with van der Waals surface area (Å²) in [5.74, 6) is -0.472. The van der Waals surface area contributed by atoms with Gasteiger partial charge in [-0.25, -0.2) is 8.78 Å². The second-order valence-electron chi connectivity index (χ2n) is 3.11. The van der Waals surface area contributed by atoms with E-state index in [1.165, 1.54) is 0 Å². The minimum atomic E-state index is -2.54. The van der Waals surface area contributed by atoms with E-state index < -0.39 is 18.9 Å². The highest BCUT2D eigenvalue weighted by atomic mass is 79.9. The highest BCUT2D eigenvalue weighted by Crippen LogP contribution is 2.21. The zero-order chi connectivity index (χ0) is 12.1. The predicted molar refractivity (Wildman–Crippen MR) is 61.9 cm³/mol. The number of rotatable bonds is 4. The second-order valence-corrected chi connectivity index (χ2v) is 4.43. The van der Waals surface area contributed by atoms with E-state index in [2.05, 4.69) is 21.2 Å². The van der Waals surface area contributed by atoms with E-state index >= 15 is 0 Å². The summed E-state index contributed by atoms with van der Waals surface area (Å²) in [5, 5.41) is 2.55. The average molecular weight is 313 g/mol. The van der Waals surface area contributed by atoms with Crippen LogP contribution in [-0.2, 0) is 11.2 Å². The lowest BCUT2D eigenvalue weighted by Gasteiger charge is -2.06. The molecule has 0 saturated carbocycles. The SMILES string of the molecule is O=C(Cc1cc(Br)ccc1Cl)NCC(F)F. The molecule has 6 heteroatoms. The smallest absolute Gasteiger partial charge is 0.255 e. The summed E-state index contributed by atoms with van der Waals surface area (Å²) in [7, 11) is 0. The molecule has 0 spiro atoms. The van der Waals surface area contributed by atoms with Gasteiger partial charge in [0.05, 0.1) is 13.0 Å². The van der Waals surface area contributed by atoms with E-state index in [-0.39, 0.29) is 6.42 Å². The molecule has 1 amide bonds. The van der Waals surface area contributed by atoms with Crippen molar-refractivity contribution in [3.63, 3.8) is 0 Å². The predicted octanol–water partition coefficient (Wildman–Crippen LogP) is 3.03. The molecule has 0 atom stereocenters. The van der Waals surface area contributed by atoms with Gasteiger partial charge in [-0.1, -0.05) is 27.5 Å². The molecular weight excluding hydrogens is 303 g/mol. The number of hydrogen-bond acceptors (Lipinski definition) is 1. The van der Waals surface area contributed by atoms with Gasteiger partial charge in [-0.2, -0.15) is 0 Å². The Labute approximate surface area is 105 Å². The van der Waals surface area contributed by atoms with Crippen molar-refractivity contribution in [3.05, 3.63) is 33.3 Å². The van der Waals surface area contributed by atoms with Gasteiger partial charge in [0.1, 0.15) is 0 Å². The van der Waals surface area contributed by atoms with Gasteiger partial charge in [0.2, 0.25) is 5.91 Å². The van der Waals surface area contributed by atoms with Crippen LogP contribution >= 0.6 is 27.5 Å². The van der Waals surface area contributed by atoms with E-state index in [0.29, 0.717) is 10.6 Å². The average Bonchev–Trinajstić information content (AvgIpc) is 2.20. The van der Waals surface area contributed by atoms with Crippen molar-refractivity contribution in [1.29, 1.82) is 0 Å². The molecule has 0 unspecified atom stereocenters. The lowest BCUT2D eigenvalue weighted by Crippen LogP contribution is -2.29. The van der Waals surface area contributed by atoms with Crippen molar-refractivity contribution in [2.45, 2.75) is 12.8 Å². The van der Waals surface area contributed by atoms with Gasteiger partial charge in [0, 0.05) is 9.50 Å². The molecule has 16 heavy (non-hydrogen) atoms. The minimum Gasteiger partial charge on any atom is -0.350 e. The molecule has 0 aliphatic rings. The van der Waals surface area contributed by atoms with Crippen LogP contribution in [0, 0.1) is 0 Å². The molecule has 1 N–H and O–H groups in total. The number of amides is 1. The zero-order valence-corrected chi connectivity index (χ0v) is 10.5. The van der Waals surface area contributed by atoms with Crippen LogP contribution in [0.25, 0.3) is 0 Å². The third-order valence-corrected chi connectivity index (χ3v) is 2.67. The Hall–Kier alpha value is -0.680. The summed E-state index contributed by atoms with van der Waals surface area (Å²) in [5.41, 5.74) is 0.600. The van der Waals surface area contributed by atoms with E-state index in [0.717, 1.165) is 4.47 Å². The third-order valence-electron chi connectivity index (χ3n) is 1.81. The molecule has 1 aromatic rings. The Bertz CT molecular complexity index is 387. The quantitative estimate of drug-likeness (QED) is 0.910. The molecule has 0 aliphatic carbocycles. The summed E-state index contributed by atoms with van der Waals surface area (Å²) < 4.78 is 24.4. The van der Waals surface area contributed by atoms with E-state index in [1.807, 2.05) is 0 Å². The Balaban J connectivity index is 2.59. The Kier molecular flexibility index (Phi) is 5.15. The van der Waals surface area contributed by atoms with Crippen LogP contribution in [0.1, 0.15) is 5.56 Å². The van der Waals surface area contributed by atoms with Crippen LogP contribution in [0.5, 0.6) is 0 Å². The number of carbonyl (C=O) groups excluding carboxylic acids is 1. The number of hydrogen-bond donors (Lipinski definition) is 1. The molecule has 88 valence electrons. The Morgan fingerprint density at radius 3 is 2.81 bits per heavy atom. The normalized spacial score (nSPS) is 10.6. The summed E-state index contributed by atoms with van der Waals surface area (Å²) in [6.07, 6.45) is -2.55. The number of carbonyl (C=O) groups is 1. The second kappa shape index (κ2) is 6.15. The first-order valence-electron chi connectivity index (χ1n) is 4.48. The van der Waals surface area contributed by atoms with Crippen LogP contribution < -0.4 is 5.32 Å². The van der Waals surface area contributed by atoms with Gasteiger partial charge in [-0.3, -0.25) is 4.79 Å². The Morgan fingerprint density at radius 2 is 2.19 bits per heavy atom. The summed E-state index contributed by atoms with van der Waals surface area (Å²) in [4.78, 5) is 11.3. The van der Waals surface area contributed by atoms with Gasteiger partial charge < -0.3 is 5.32 Å². The molecule has 0 radical (unpaired) electrons. The fourth-order valence-electron chi connectivity index (χ4n) is 1.11. The third kappa shape index (κ3) is 4.45. The van der Waals surface area contributed by atoms with E-state index in [9.17, 15) is 13.6 Å². The van der Waals surface area contributed by atoms with Crippen LogP contribution in [0.3, 0.4) is 0 Å². The van der Waals surface area contributed by atoms with Crippen molar-refractivity contribution in [2.24, 2.45) is 0 Å². The zero-order valence-electron chi connectivity index (χ0n) is 8.14. The van der Waals surface area contributed by atoms with Crippen LogP contribution in [-0.4, -0.2) is 18.9 Å². The van der Waals surface area contributed by atoms with Gasteiger partial charge in [0.15, 0.2) is 0 Å². The maximum atomic E-state index is 11.8. The highest BCUT2D eigenvalue weighted by molar-refractivity contribution is 9.10. The highest BCUT2D eigenvalue weighted by Gasteiger charge is 2.09. The van der Waals surface area contributed by atoms with Gasteiger partial charge in [0.25, 0.3) is 6.43 Å². The van der Waals surface area contributed by atoms with Crippen molar-refractivity contribution in [3.8, 4) is 0 Å². The van der Waals surface area contributed by atoms with Crippen molar-refractivity contribution in [2.75, 3.05) is 6.54 Å². The molecule has 0 heterocycles. The maximum Gasteiger partial charge on any atom is 0.255 e. The molecule has 0 aromatic heterocycles. The number of benzene rings is 1. The summed E-state index contributed by atoms with van der Waals surface area (Å²) in [6.45, 7) is -0.634. The summed E-state index contributed by atoms with van der Waals surface area (Å²) >= 11 is 9.09. The van der Waals surface area contributed by atoms with Gasteiger partial charge >= 0.3 is 0 Å². The van der Waals surface area contributed by atoms with E-state index in [1.54, 1.807) is 18.2 Å². The number of alkyl halides is 2. The fourth-order valence-corrected chi connectivity index (χ4v) is 1.70. The van der Waals surface area contributed by atoms with Crippen molar-refractivity contribution < 1.29 is 13.6 Å². The topological polar surface area (TPSA) is 29.1 Å².